The van der Waals surface area contributed by atoms with Gasteiger partial charge in [0.2, 0.25) is 11.2 Å². The molecule has 1 saturated carbocycles. The van der Waals surface area contributed by atoms with Crippen LogP contribution < -0.4 is 16.6 Å². The van der Waals surface area contributed by atoms with Crippen molar-refractivity contribution in [3.63, 3.8) is 0 Å². The number of carbonyl (C=O) groups excluding carboxylic acids is 1. The van der Waals surface area contributed by atoms with Gasteiger partial charge in [-0.1, -0.05) is 24.3 Å². The maximum absolute atomic E-state index is 13.4. The number of ether oxygens (including phenoxy) is 1. The van der Waals surface area contributed by atoms with Crippen molar-refractivity contribution in [3.05, 3.63) is 119 Å². The van der Waals surface area contributed by atoms with E-state index in [1.54, 1.807) is 28.8 Å². The molecule has 272 valence electrons. The number of fused-ring (bicyclic) bond motifs is 2. The van der Waals surface area contributed by atoms with Crippen molar-refractivity contribution in [2.45, 2.75) is 62.6 Å². The number of phenolic OH excluding ortho intramolecular Hbond substituents is 1. The zero-order chi connectivity index (χ0) is 36.4. The first-order valence-electron chi connectivity index (χ1n) is 17.2. The molecule has 6 aromatic rings. The molecule has 1 fully saturated rings. The van der Waals surface area contributed by atoms with Gasteiger partial charge in [-0.15, -0.1) is 22.7 Å². The Morgan fingerprint density at radius 1 is 1.06 bits per heavy atom. The lowest BCUT2D eigenvalue weighted by Crippen LogP contribution is -2.42. The minimum Gasteiger partial charge on any atom is -0.506 e. The fourth-order valence-corrected chi connectivity index (χ4v) is 8.73. The number of thiophene rings is 2. The molecule has 0 unspecified atom stereocenters. The highest BCUT2D eigenvalue weighted by molar-refractivity contribution is 7.12. The number of aromatic hydroxyl groups is 1. The number of aliphatic hydroxyl groups is 2. The molecule has 0 spiro atoms. The smallest absolute Gasteiger partial charge is 0.419 e. The van der Waals surface area contributed by atoms with Crippen molar-refractivity contribution in [1.29, 1.82) is 0 Å². The van der Waals surface area contributed by atoms with Crippen molar-refractivity contribution in [2.75, 3.05) is 20.1 Å². The number of esters is 1. The number of aliphatic hydroxyl groups excluding tert-OH is 1. The minimum atomic E-state index is -1.81. The quantitative estimate of drug-likeness (QED) is 0.104. The van der Waals surface area contributed by atoms with E-state index in [0.29, 0.717) is 64.3 Å². The highest BCUT2D eigenvalue weighted by Gasteiger charge is 2.45. The van der Waals surface area contributed by atoms with Crippen LogP contribution in [0.3, 0.4) is 0 Å². The monoisotopic (exact) mass is 744 g/mol. The Hall–Kier alpha value is -4.57. The average molecular weight is 745 g/mol. The minimum absolute atomic E-state index is 0.0667. The third kappa shape index (κ3) is 7.22. The third-order valence-corrected chi connectivity index (χ3v) is 11.9. The number of hydrogen-bond acceptors (Lipinski definition) is 12. The van der Waals surface area contributed by atoms with Gasteiger partial charge >= 0.3 is 11.7 Å². The Balaban J connectivity index is 0.908. The fourth-order valence-electron chi connectivity index (χ4n) is 7.02. The van der Waals surface area contributed by atoms with Gasteiger partial charge in [-0.3, -0.25) is 9.36 Å². The molecule has 0 radical (unpaired) electrons. The number of rotatable bonds is 13. The molecule has 4 aromatic heterocycles. The van der Waals surface area contributed by atoms with Gasteiger partial charge in [0.25, 0.3) is 0 Å². The highest BCUT2D eigenvalue weighted by Crippen LogP contribution is 2.38. The van der Waals surface area contributed by atoms with E-state index in [2.05, 4.69) is 15.2 Å². The number of carbonyl (C=O) groups is 1. The van der Waals surface area contributed by atoms with Crippen LogP contribution in [0.2, 0.25) is 0 Å². The zero-order valence-corrected chi connectivity index (χ0v) is 30.1. The standard InChI is InChI=1S/C38H40N4O8S2/c1-41(24-7-9-25(10-8-24)49-36(46)38(48,32-4-2-18-51-32)33-5-3-19-52-33)16-17-42-28-13-6-23(20-31(28)50-37(42)47)21-39-22-30(44)26-11-14-29(43)35-27(26)12-15-34(45)40-35/h2-6,11-15,18-20,24-25,30,39,43-44,48H,7-10,16-17,21-22H2,1H3,(H,40,45)/t24-,25-,30-/m0/s1. The van der Waals surface area contributed by atoms with E-state index in [4.69, 9.17) is 9.15 Å². The summed E-state index contributed by atoms with van der Waals surface area (Å²) in [5.41, 5.74) is 0.750. The van der Waals surface area contributed by atoms with E-state index < -0.39 is 23.4 Å². The second-order valence-electron chi connectivity index (χ2n) is 13.2. The lowest BCUT2D eigenvalue weighted by Gasteiger charge is -2.35. The molecule has 52 heavy (non-hydrogen) atoms. The molecule has 1 atom stereocenters. The van der Waals surface area contributed by atoms with Gasteiger partial charge in [-0.25, -0.2) is 9.59 Å². The van der Waals surface area contributed by atoms with Crippen molar-refractivity contribution < 1.29 is 29.3 Å². The topological polar surface area (TPSA) is 170 Å². The first kappa shape index (κ1) is 35.8. The molecule has 0 amide bonds. The lowest BCUT2D eigenvalue weighted by atomic mass is 9.91. The summed E-state index contributed by atoms with van der Waals surface area (Å²) in [5.74, 6) is -1.14. The largest absolute Gasteiger partial charge is 0.506 e. The van der Waals surface area contributed by atoms with E-state index in [0.717, 1.165) is 18.4 Å². The van der Waals surface area contributed by atoms with Crippen molar-refractivity contribution in [3.8, 4) is 5.75 Å². The summed E-state index contributed by atoms with van der Waals surface area (Å²) >= 11 is 2.65. The number of oxazole rings is 1. The summed E-state index contributed by atoms with van der Waals surface area (Å²) in [7, 11) is 2.04. The van der Waals surface area contributed by atoms with Crippen molar-refractivity contribution in [1.82, 2.24) is 19.8 Å². The Labute approximate surface area is 306 Å². The summed E-state index contributed by atoms with van der Waals surface area (Å²) in [6, 6.07) is 19.0. The predicted molar refractivity (Wildman–Crippen MR) is 200 cm³/mol. The summed E-state index contributed by atoms with van der Waals surface area (Å²) in [5, 5.41) is 40.0. The molecule has 14 heteroatoms. The van der Waals surface area contributed by atoms with Gasteiger partial charge in [0.1, 0.15) is 11.9 Å². The van der Waals surface area contributed by atoms with Gasteiger partial charge < -0.3 is 39.7 Å². The molecule has 5 N–H and O–H groups in total. The number of hydrogen-bond donors (Lipinski definition) is 5. The lowest BCUT2D eigenvalue weighted by molar-refractivity contribution is -0.169. The van der Waals surface area contributed by atoms with Crippen LogP contribution in [-0.4, -0.2) is 68.0 Å². The Morgan fingerprint density at radius 2 is 1.79 bits per heavy atom. The Morgan fingerprint density at radius 3 is 2.48 bits per heavy atom. The molecule has 0 aliphatic heterocycles. The number of nitrogens with zero attached hydrogens (tertiary/aromatic N) is 2. The van der Waals surface area contributed by atoms with Crippen LogP contribution in [0, 0.1) is 0 Å². The van der Waals surface area contributed by atoms with Crippen molar-refractivity contribution in [2.24, 2.45) is 0 Å². The van der Waals surface area contributed by atoms with E-state index >= 15 is 0 Å². The first-order chi connectivity index (χ1) is 25.1. The van der Waals surface area contributed by atoms with Crippen LogP contribution in [0.15, 0.2) is 91.5 Å². The number of nitrogens with one attached hydrogen (secondary N) is 2. The van der Waals surface area contributed by atoms with Gasteiger partial charge in [0, 0.05) is 43.7 Å². The van der Waals surface area contributed by atoms with Crippen LogP contribution in [0.25, 0.3) is 22.0 Å². The highest BCUT2D eigenvalue weighted by atomic mass is 32.1. The molecule has 0 saturated heterocycles. The zero-order valence-electron chi connectivity index (χ0n) is 28.5. The van der Waals surface area contributed by atoms with E-state index in [9.17, 15) is 29.7 Å². The molecular formula is C38H40N4O8S2. The average Bonchev–Trinajstić information content (AvgIpc) is 3.94. The maximum Gasteiger partial charge on any atom is 0.419 e. The number of likely N-dealkylation sites (N-methyl/N-ethyl adjacent to an activating group) is 1. The van der Waals surface area contributed by atoms with Crippen LogP contribution >= 0.6 is 22.7 Å². The van der Waals surface area contributed by atoms with E-state index in [-0.39, 0.29) is 35.5 Å². The predicted octanol–water partition coefficient (Wildman–Crippen LogP) is 4.81. The van der Waals surface area contributed by atoms with Gasteiger partial charge in [-0.05, 0) is 91.0 Å². The van der Waals surface area contributed by atoms with E-state index in [1.165, 1.54) is 34.8 Å². The molecule has 1 aliphatic rings. The van der Waals surface area contributed by atoms with E-state index in [1.807, 2.05) is 48.1 Å². The molecule has 4 heterocycles. The number of aromatic amines is 1. The molecule has 1 aliphatic carbocycles. The Kier molecular flexibility index (Phi) is 10.5. The van der Waals surface area contributed by atoms with Crippen LogP contribution in [0.1, 0.15) is 52.7 Å². The second-order valence-corrected chi connectivity index (χ2v) is 15.1. The Bertz CT molecular complexity index is 2240. The maximum atomic E-state index is 13.4. The number of benzene rings is 2. The van der Waals surface area contributed by atoms with Crippen molar-refractivity contribution >= 4 is 50.6 Å². The number of aromatic nitrogens is 2. The molecule has 7 rings (SSSR count). The van der Waals surface area contributed by atoms with Gasteiger partial charge in [0.05, 0.1) is 26.9 Å². The fraction of sp³-hybridized carbons (Fsp3) is 0.342. The number of phenols is 1. The van der Waals surface area contributed by atoms with Gasteiger partial charge in [0.15, 0.2) is 5.58 Å². The molecule has 2 aromatic carbocycles. The molecule has 12 nitrogen and oxygen atoms in total. The van der Waals surface area contributed by atoms with Crippen LogP contribution in [0.4, 0.5) is 0 Å². The summed E-state index contributed by atoms with van der Waals surface area (Å²) < 4.78 is 13.2. The first-order valence-corrected chi connectivity index (χ1v) is 19.0. The number of pyridine rings is 1. The van der Waals surface area contributed by atoms with Gasteiger partial charge in [-0.2, -0.15) is 0 Å². The SMILES string of the molecule is CN(CCn1c(=O)oc2cc(CNC[C@H](O)c3ccc(O)c4[nH]c(=O)ccc34)ccc21)[C@H]1CC[C@H](OC(=O)C(O)(c2cccs2)c2cccs2)CC1. The molecule has 0 bridgehead atoms. The summed E-state index contributed by atoms with van der Waals surface area (Å²) in [6.45, 7) is 1.70. The van der Waals surface area contributed by atoms with Crippen LogP contribution in [-0.2, 0) is 28.2 Å². The normalized spacial score (nSPS) is 17.2. The molecular weight excluding hydrogens is 705 g/mol. The third-order valence-electron chi connectivity index (χ3n) is 9.93. The summed E-state index contributed by atoms with van der Waals surface area (Å²) in [6.07, 6.45) is 1.82. The second kappa shape index (κ2) is 15.2. The summed E-state index contributed by atoms with van der Waals surface area (Å²) in [4.78, 5) is 43.9. The number of H-pyrrole nitrogens is 1. The van der Waals surface area contributed by atoms with Crippen LogP contribution in [0.5, 0.6) is 5.75 Å².